The smallest absolute Gasteiger partial charge is 0.341 e. The zero-order valence-electron chi connectivity index (χ0n) is 15.1. The molecule has 0 unspecified atom stereocenters. The van der Waals surface area contributed by atoms with Gasteiger partial charge in [0, 0.05) is 15.5 Å². The van der Waals surface area contributed by atoms with Crippen LogP contribution in [0.4, 0.5) is 5.00 Å². The third-order valence-electron chi connectivity index (χ3n) is 4.39. The first-order valence-electron chi connectivity index (χ1n) is 8.77. The van der Waals surface area contributed by atoms with Crippen molar-refractivity contribution in [2.24, 2.45) is 5.92 Å². The number of hydrogen-bond acceptors (Lipinski definition) is 4. The highest BCUT2D eigenvalue weighted by molar-refractivity contribution is 7.17. The van der Waals surface area contributed by atoms with E-state index in [1.807, 2.05) is 13.8 Å². The molecule has 0 saturated heterocycles. The number of esters is 1. The van der Waals surface area contributed by atoms with E-state index in [0.717, 1.165) is 24.8 Å². The largest absolute Gasteiger partial charge is 0.459 e. The lowest BCUT2D eigenvalue weighted by Crippen LogP contribution is -2.18. The Morgan fingerprint density at radius 2 is 1.96 bits per heavy atom. The third kappa shape index (κ3) is 4.10. The molecule has 1 aromatic carbocycles. The first kappa shape index (κ1) is 18.9. The van der Waals surface area contributed by atoms with Gasteiger partial charge in [-0.25, -0.2) is 4.79 Å². The van der Waals surface area contributed by atoms with Crippen LogP contribution in [0.25, 0.3) is 0 Å². The molecule has 1 heterocycles. The summed E-state index contributed by atoms with van der Waals surface area (Å²) >= 11 is 7.37. The third-order valence-corrected chi connectivity index (χ3v) is 5.81. The van der Waals surface area contributed by atoms with Crippen LogP contribution in [-0.2, 0) is 17.6 Å². The molecule has 1 amide bonds. The quantitative estimate of drug-likeness (QED) is 0.715. The number of fused-ring (bicyclic) bond motifs is 1. The summed E-state index contributed by atoms with van der Waals surface area (Å²) < 4.78 is 5.43. The maximum atomic E-state index is 12.7. The van der Waals surface area contributed by atoms with E-state index in [1.54, 1.807) is 24.3 Å². The highest BCUT2D eigenvalue weighted by Crippen LogP contribution is 2.40. The lowest BCUT2D eigenvalue weighted by Gasteiger charge is -2.18. The summed E-state index contributed by atoms with van der Waals surface area (Å²) in [6, 6.07) is 6.68. The number of benzene rings is 1. The molecular formula is C20H22ClNO3S. The SMILES string of the molecule is CC(C)OC(=O)c1c(NC(=O)c2ccc(Cl)cc2)sc2c1CC[C@H](C)C2. The van der Waals surface area contributed by atoms with Gasteiger partial charge >= 0.3 is 5.97 Å². The maximum absolute atomic E-state index is 12.7. The molecule has 0 bridgehead atoms. The van der Waals surface area contributed by atoms with Crippen LogP contribution < -0.4 is 5.32 Å². The molecule has 4 nitrogen and oxygen atoms in total. The predicted molar refractivity (Wildman–Crippen MR) is 105 cm³/mol. The van der Waals surface area contributed by atoms with Gasteiger partial charge in [-0.05, 0) is 68.9 Å². The van der Waals surface area contributed by atoms with Crippen molar-refractivity contribution in [3.8, 4) is 0 Å². The fourth-order valence-electron chi connectivity index (χ4n) is 3.10. The molecule has 0 fully saturated rings. The van der Waals surface area contributed by atoms with Crippen molar-refractivity contribution in [3.63, 3.8) is 0 Å². The number of hydrogen-bond donors (Lipinski definition) is 1. The van der Waals surface area contributed by atoms with Crippen molar-refractivity contribution < 1.29 is 14.3 Å². The Labute approximate surface area is 162 Å². The Bertz CT molecular complexity index is 826. The first-order chi connectivity index (χ1) is 12.3. The average Bonchev–Trinajstić information content (AvgIpc) is 2.91. The zero-order chi connectivity index (χ0) is 18.8. The number of amides is 1. The van der Waals surface area contributed by atoms with Crippen LogP contribution in [0.15, 0.2) is 24.3 Å². The summed E-state index contributed by atoms with van der Waals surface area (Å²) in [7, 11) is 0. The number of carbonyl (C=O) groups is 2. The number of rotatable bonds is 4. The lowest BCUT2D eigenvalue weighted by molar-refractivity contribution is 0.0378. The van der Waals surface area contributed by atoms with Gasteiger partial charge in [0.1, 0.15) is 5.00 Å². The topological polar surface area (TPSA) is 55.4 Å². The normalized spacial score (nSPS) is 16.3. The Morgan fingerprint density at radius 3 is 2.62 bits per heavy atom. The van der Waals surface area contributed by atoms with Crippen molar-refractivity contribution in [1.29, 1.82) is 0 Å². The molecule has 26 heavy (non-hydrogen) atoms. The fraction of sp³-hybridized carbons (Fsp3) is 0.400. The number of thiophene rings is 1. The van der Waals surface area contributed by atoms with Crippen molar-refractivity contribution in [3.05, 3.63) is 50.9 Å². The zero-order valence-corrected chi connectivity index (χ0v) is 16.7. The monoisotopic (exact) mass is 391 g/mol. The minimum atomic E-state index is -0.363. The standard InChI is InChI=1S/C20H22ClNO3S/c1-11(2)25-20(24)17-15-9-4-12(3)10-16(15)26-19(17)22-18(23)13-5-7-14(21)8-6-13/h5-8,11-12H,4,9-10H2,1-3H3,(H,22,23)/t12-/m0/s1. The van der Waals surface area contributed by atoms with Gasteiger partial charge in [-0.15, -0.1) is 11.3 Å². The molecule has 138 valence electrons. The summed E-state index contributed by atoms with van der Waals surface area (Å²) in [4.78, 5) is 26.4. The van der Waals surface area contributed by atoms with Crippen molar-refractivity contribution in [1.82, 2.24) is 0 Å². The molecule has 3 rings (SSSR count). The van der Waals surface area contributed by atoms with Crippen LogP contribution in [0.2, 0.25) is 5.02 Å². The molecular weight excluding hydrogens is 370 g/mol. The summed E-state index contributed by atoms with van der Waals surface area (Å²) in [5, 5.41) is 4.06. The molecule has 0 spiro atoms. The van der Waals surface area contributed by atoms with E-state index in [-0.39, 0.29) is 18.0 Å². The van der Waals surface area contributed by atoms with E-state index >= 15 is 0 Å². The van der Waals surface area contributed by atoms with Gasteiger partial charge in [0.2, 0.25) is 0 Å². The predicted octanol–water partition coefficient (Wildman–Crippen LogP) is 5.34. The lowest BCUT2D eigenvalue weighted by atomic mass is 9.88. The van der Waals surface area contributed by atoms with Crippen molar-refractivity contribution in [2.75, 3.05) is 5.32 Å². The number of carbonyl (C=O) groups excluding carboxylic acids is 2. The minimum Gasteiger partial charge on any atom is -0.459 e. The Kier molecular flexibility index (Phi) is 5.68. The van der Waals surface area contributed by atoms with Crippen molar-refractivity contribution in [2.45, 2.75) is 46.1 Å². The van der Waals surface area contributed by atoms with Crippen LogP contribution in [-0.4, -0.2) is 18.0 Å². The van der Waals surface area contributed by atoms with Gasteiger partial charge in [-0.1, -0.05) is 18.5 Å². The van der Waals surface area contributed by atoms with Crippen LogP contribution in [0.5, 0.6) is 0 Å². The molecule has 1 N–H and O–H groups in total. The van der Waals surface area contributed by atoms with Gasteiger partial charge in [-0.3, -0.25) is 4.79 Å². The van der Waals surface area contributed by atoms with E-state index in [4.69, 9.17) is 16.3 Å². The summed E-state index contributed by atoms with van der Waals surface area (Å²) in [6.07, 6.45) is 2.60. The fourth-order valence-corrected chi connectivity index (χ4v) is 4.62. The molecule has 6 heteroatoms. The second-order valence-corrected chi connectivity index (χ2v) is 8.51. The number of halogens is 1. The molecule has 1 aliphatic rings. The molecule has 0 aliphatic heterocycles. The van der Waals surface area contributed by atoms with Gasteiger partial charge in [0.05, 0.1) is 11.7 Å². The van der Waals surface area contributed by atoms with Crippen LogP contribution in [0.3, 0.4) is 0 Å². The second-order valence-electron chi connectivity index (χ2n) is 6.97. The molecule has 0 saturated carbocycles. The Morgan fingerprint density at radius 1 is 1.27 bits per heavy atom. The summed E-state index contributed by atoms with van der Waals surface area (Å²) in [6.45, 7) is 5.86. The number of ether oxygens (including phenoxy) is 1. The van der Waals surface area contributed by atoms with E-state index in [0.29, 0.717) is 27.1 Å². The van der Waals surface area contributed by atoms with E-state index in [9.17, 15) is 9.59 Å². The molecule has 1 aromatic heterocycles. The van der Waals surface area contributed by atoms with Gasteiger partial charge < -0.3 is 10.1 Å². The highest BCUT2D eigenvalue weighted by atomic mass is 35.5. The minimum absolute atomic E-state index is 0.208. The van der Waals surface area contributed by atoms with E-state index in [1.165, 1.54) is 16.2 Å². The van der Waals surface area contributed by atoms with E-state index < -0.39 is 0 Å². The summed E-state index contributed by atoms with van der Waals surface area (Å²) in [5.74, 6) is -0.0414. The van der Waals surface area contributed by atoms with Crippen LogP contribution in [0, 0.1) is 5.92 Å². The molecule has 2 aromatic rings. The first-order valence-corrected chi connectivity index (χ1v) is 9.97. The van der Waals surface area contributed by atoms with Gasteiger partial charge in [0.15, 0.2) is 0 Å². The molecule has 0 radical (unpaired) electrons. The Hall–Kier alpha value is -1.85. The Balaban J connectivity index is 1.93. The highest BCUT2D eigenvalue weighted by Gasteiger charge is 2.29. The molecule has 1 aliphatic carbocycles. The van der Waals surface area contributed by atoms with Gasteiger partial charge in [0.25, 0.3) is 5.91 Å². The van der Waals surface area contributed by atoms with Crippen LogP contribution >= 0.6 is 22.9 Å². The number of anilines is 1. The number of nitrogens with one attached hydrogen (secondary N) is 1. The molecule has 1 atom stereocenters. The average molecular weight is 392 g/mol. The second kappa shape index (κ2) is 7.80. The van der Waals surface area contributed by atoms with Crippen LogP contribution in [0.1, 0.15) is 58.3 Å². The van der Waals surface area contributed by atoms with Crippen molar-refractivity contribution >= 4 is 39.8 Å². The van der Waals surface area contributed by atoms with Gasteiger partial charge in [-0.2, -0.15) is 0 Å². The maximum Gasteiger partial charge on any atom is 0.341 e. The van der Waals surface area contributed by atoms with E-state index in [2.05, 4.69) is 12.2 Å². The summed E-state index contributed by atoms with van der Waals surface area (Å²) in [5.41, 5.74) is 2.05.